The molecule has 1 aromatic carbocycles. The van der Waals surface area contributed by atoms with Gasteiger partial charge in [0.05, 0.1) is 6.54 Å². The van der Waals surface area contributed by atoms with Crippen molar-refractivity contribution < 1.29 is 4.79 Å². The molecule has 18 heavy (non-hydrogen) atoms. The van der Waals surface area contributed by atoms with Crippen molar-refractivity contribution in [1.29, 1.82) is 0 Å². The number of aldehydes is 1. The van der Waals surface area contributed by atoms with Crippen LogP contribution in [0.25, 0.3) is 10.9 Å². The van der Waals surface area contributed by atoms with Crippen molar-refractivity contribution in [3.8, 4) is 0 Å². The highest BCUT2D eigenvalue weighted by Gasteiger charge is 2.07. The van der Waals surface area contributed by atoms with Crippen LogP contribution in [0.1, 0.15) is 15.2 Å². The van der Waals surface area contributed by atoms with Crippen LogP contribution in [0.5, 0.6) is 0 Å². The van der Waals surface area contributed by atoms with Gasteiger partial charge in [0.25, 0.3) is 0 Å². The maximum atomic E-state index is 11.0. The van der Waals surface area contributed by atoms with E-state index in [0.717, 1.165) is 33.8 Å². The Kier molecular flexibility index (Phi) is 3.06. The number of carbonyl (C=O) groups is 1. The van der Waals surface area contributed by atoms with E-state index >= 15 is 0 Å². The third kappa shape index (κ3) is 1.91. The number of benzene rings is 1. The van der Waals surface area contributed by atoms with Crippen LogP contribution in [0.15, 0.2) is 46.4 Å². The van der Waals surface area contributed by atoms with Crippen molar-refractivity contribution in [2.75, 3.05) is 0 Å². The Morgan fingerprint density at radius 3 is 2.89 bits per heavy atom. The monoisotopic (exact) mass is 319 g/mol. The molecule has 0 bridgehead atoms. The summed E-state index contributed by atoms with van der Waals surface area (Å²) in [7, 11) is 0. The van der Waals surface area contributed by atoms with Gasteiger partial charge >= 0.3 is 0 Å². The largest absolute Gasteiger partial charge is 0.342 e. The van der Waals surface area contributed by atoms with Gasteiger partial charge in [-0.25, -0.2) is 0 Å². The van der Waals surface area contributed by atoms with Gasteiger partial charge in [0.15, 0.2) is 6.29 Å². The first kappa shape index (κ1) is 11.7. The van der Waals surface area contributed by atoms with Gasteiger partial charge in [0, 0.05) is 32.0 Å². The van der Waals surface area contributed by atoms with Crippen LogP contribution in [0, 0.1) is 0 Å². The van der Waals surface area contributed by atoms with Crippen LogP contribution >= 0.6 is 27.3 Å². The first-order chi connectivity index (χ1) is 8.79. The summed E-state index contributed by atoms with van der Waals surface area (Å²) in [5.41, 5.74) is 1.84. The number of nitrogens with zero attached hydrogens (tertiary/aromatic N) is 1. The van der Waals surface area contributed by atoms with E-state index in [2.05, 4.69) is 31.9 Å². The molecule has 2 heterocycles. The molecular formula is C14H10BrNOS. The standard InChI is InChI=1S/C14H10BrNOS/c15-12-5-7-18-14(12)8-16-6-4-11-10(9-17)2-1-3-13(11)16/h1-7,9H,8H2. The second-order valence-corrected chi connectivity index (χ2v) is 5.89. The summed E-state index contributed by atoms with van der Waals surface area (Å²) in [6.45, 7) is 0.823. The zero-order chi connectivity index (χ0) is 12.5. The fourth-order valence-electron chi connectivity index (χ4n) is 2.08. The first-order valence-corrected chi connectivity index (χ1v) is 7.22. The molecule has 0 fully saturated rings. The van der Waals surface area contributed by atoms with Crippen LogP contribution in [0.3, 0.4) is 0 Å². The minimum atomic E-state index is 0.747. The predicted molar refractivity (Wildman–Crippen MR) is 78.4 cm³/mol. The summed E-state index contributed by atoms with van der Waals surface area (Å²) in [6.07, 6.45) is 2.94. The van der Waals surface area contributed by atoms with E-state index < -0.39 is 0 Å². The van der Waals surface area contributed by atoms with E-state index in [0.29, 0.717) is 0 Å². The van der Waals surface area contributed by atoms with Gasteiger partial charge in [-0.15, -0.1) is 11.3 Å². The average molecular weight is 320 g/mol. The number of rotatable bonds is 3. The zero-order valence-electron chi connectivity index (χ0n) is 9.47. The Labute approximate surface area is 117 Å². The molecule has 3 aromatic rings. The van der Waals surface area contributed by atoms with Gasteiger partial charge in [0.2, 0.25) is 0 Å². The summed E-state index contributed by atoms with van der Waals surface area (Å²) in [4.78, 5) is 12.3. The maximum Gasteiger partial charge on any atom is 0.150 e. The predicted octanol–water partition coefficient (Wildman–Crippen LogP) is 4.33. The van der Waals surface area contributed by atoms with Crippen molar-refractivity contribution in [2.24, 2.45) is 0 Å². The summed E-state index contributed by atoms with van der Waals surface area (Å²) in [6, 6.07) is 9.87. The highest BCUT2D eigenvalue weighted by Crippen LogP contribution is 2.26. The molecule has 0 saturated carbocycles. The third-order valence-electron chi connectivity index (χ3n) is 2.98. The molecule has 0 amide bonds. The van der Waals surface area contributed by atoms with Gasteiger partial charge in [-0.2, -0.15) is 0 Å². The molecule has 2 aromatic heterocycles. The second kappa shape index (κ2) is 4.71. The first-order valence-electron chi connectivity index (χ1n) is 5.54. The molecule has 3 rings (SSSR count). The Morgan fingerprint density at radius 1 is 1.28 bits per heavy atom. The number of fused-ring (bicyclic) bond motifs is 1. The van der Waals surface area contributed by atoms with E-state index in [1.165, 1.54) is 4.88 Å². The number of aromatic nitrogens is 1. The van der Waals surface area contributed by atoms with E-state index in [9.17, 15) is 4.79 Å². The molecule has 0 aliphatic heterocycles. The Bertz CT molecular complexity index is 713. The van der Waals surface area contributed by atoms with Crippen molar-refractivity contribution in [3.05, 3.63) is 56.8 Å². The number of hydrogen-bond donors (Lipinski definition) is 0. The van der Waals surface area contributed by atoms with Gasteiger partial charge < -0.3 is 4.57 Å². The van der Waals surface area contributed by atoms with E-state index in [-0.39, 0.29) is 0 Å². The lowest BCUT2D eigenvalue weighted by Crippen LogP contribution is -1.96. The summed E-state index contributed by atoms with van der Waals surface area (Å²) >= 11 is 5.27. The van der Waals surface area contributed by atoms with E-state index in [4.69, 9.17) is 0 Å². The minimum Gasteiger partial charge on any atom is -0.342 e. The quantitative estimate of drug-likeness (QED) is 0.659. The fourth-order valence-corrected chi connectivity index (χ4v) is 3.56. The Hall–Kier alpha value is -1.39. The molecule has 0 spiro atoms. The highest BCUT2D eigenvalue weighted by atomic mass is 79.9. The van der Waals surface area contributed by atoms with Crippen molar-refractivity contribution in [3.63, 3.8) is 0 Å². The van der Waals surface area contributed by atoms with E-state index in [1.807, 2.05) is 30.5 Å². The number of halogens is 1. The topological polar surface area (TPSA) is 22.0 Å². The molecule has 0 atom stereocenters. The van der Waals surface area contributed by atoms with Crippen molar-refractivity contribution in [2.45, 2.75) is 6.54 Å². The van der Waals surface area contributed by atoms with Crippen molar-refractivity contribution in [1.82, 2.24) is 4.57 Å². The molecule has 0 aliphatic carbocycles. The summed E-state index contributed by atoms with van der Waals surface area (Å²) in [5.74, 6) is 0. The van der Waals surface area contributed by atoms with Crippen molar-refractivity contribution >= 4 is 44.5 Å². The number of thiophene rings is 1. The second-order valence-electron chi connectivity index (χ2n) is 4.03. The maximum absolute atomic E-state index is 11.0. The van der Waals surface area contributed by atoms with Gasteiger partial charge in [-0.1, -0.05) is 12.1 Å². The zero-order valence-corrected chi connectivity index (χ0v) is 11.9. The van der Waals surface area contributed by atoms with Crippen LogP contribution in [0.4, 0.5) is 0 Å². The Morgan fingerprint density at radius 2 is 2.17 bits per heavy atom. The SMILES string of the molecule is O=Cc1cccc2c1ccn2Cc1sccc1Br. The molecule has 0 radical (unpaired) electrons. The van der Waals surface area contributed by atoms with Gasteiger partial charge in [-0.05, 0) is 39.5 Å². The molecule has 4 heteroatoms. The third-order valence-corrected chi connectivity index (χ3v) is 4.89. The normalized spacial score (nSPS) is 10.9. The lowest BCUT2D eigenvalue weighted by atomic mass is 10.1. The lowest BCUT2D eigenvalue weighted by Gasteiger charge is -2.04. The molecule has 0 N–H and O–H groups in total. The minimum absolute atomic E-state index is 0.747. The van der Waals surface area contributed by atoms with Gasteiger partial charge in [0.1, 0.15) is 0 Å². The van der Waals surface area contributed by atoms with Crippen LogP contribution < -0.4 is 0 Å². The smallest absolute Gasteiger partial charge is 0.150 e. The molecule has 0 unspecified atom stereocenters. The summed E-state index contributed by atoms with van der Waals surface area (Å²) < 4.78 is 3.31. The molecular weight excluding hydrogens is 310 g/mol. The Balaban J connectivity index is 2.08. The molecule has 0 saturated heterocycles. The molecule has 90 valence electrons. The van der Waals surface area contributed by atoms with Crippen LogP contribution in [-0.4, -0.2) is 10.9 Å². The van der Waals surface area contributed by atoms with Crippen LogP contribution in [0.2, 0.25) is 0 Å². The molecule has 0 aliphatic rings. The van der Waals surface area contributed by atoms with Gasteiger partial charge in [-0.3, -0.25) is 4.79 Å². The fraction of sp³-hybridized carbons (Fsp3) is 0.0714. The number of hydrogen-bond acceptors (Lipinski definition) is 2. The lowest BCUT2D eigenvalue weighted by molar-refractivity contribution is 0.112. The molecule has 2 nitrogen and oxygen atoms in total. The number of carbonyl (C=O) groups excluding carboxylic acids is 1. The van der Waals surface area contributed by atoms with Crippen LogP contribution in [-0.2, 0) is 6.54 Å². The highest BCUT2D eigenvalue weighted by molar-refractivity contribution is 9.10. The van der Waals surface area contributed by atoms with E-state index in [1.54, 1.807) is 11.3 Å². The average Bonchev–Trinajstić information content (AvgIpc) is 2.97. The summed E-state index contributed by atoms with van der Waals surface area (Å²) in [5, 5.41) is 3.09.